The summed E-state index contributed by atoms with van der Waals surface area (Å²) in [6, 6.07) is 91.8. The third-order valence-electron chi connectivity index (χ3n) is 11.5. The maximum atomic E-state index is 2.43. The first-order valence-electron chi connectivity index (χ1n) is 21.9. The Labute approximate surface area is 370 Å². The van der Waals surface area contributed by atoms with E-state index in [1.807, 2.05) is 0 Å². The average Bonchev–Trinajstić information content (AvgIpc) is 3.34. The molecule has 0 aliphatic rings. The maximum Gasteiger partial charge on any atom is -0.00550 e. The summed E-state index contributed by atoms with van der Waals surface area (Å²) < 4.78 is 0. The molecule has 0 radical (unpaired) electrons. The van der Waals surface area contributed by atoms with Crippen LogP contribution in [-0.4, -0.2) is 23.6 Å². The SMILES string of the molecule is c1ccc(P(CCCCC(C(CCCP(c2ccccc2)c2ccccc2)P(c2ccccc2)c2ccccc2)P(c2ccccc2)c2ccccc2)c2ccccc2)cc1. The van der Waals surface area contributed by atoms with Gasteiger partial charge in [-0.2, -0.15) is 0 Å². The first-order valence-corrected chi connectivity index (χ1v) is 27.7. The number of hydrogen-bond acceptors (Lipinski definition) is 0. The van der Waals surface area contributed by atoms with Crippen molar-refractivity contribution >= 4 is 74.1 Å². The molecule has 0 aliphatic heterocycles. The molecule has 304 valence electrons. The Morgan fingerprint density at radius 3 is 0.705 bits per heavy atom. The third-order valence-corrected chi connectivity index (χ3v) is 23.0. The summed E-state index contributed by atoms with van der Waals surface area (Å²) in [5, 5.41) is 11.9. The van der Waals surface area contributed by atoms with Crippen molar-refractivity contribution in [1.29, 1.82) is 0 Å². The lowest BCUT2D eigenvalue weighted by Crippen LogP contribution is -2.36. The predicted molar refractivity (Wildman–Crippen MR) is 277 cm³/mol. The Kier molecular flexibility index (Phi) is 16.3. The lowest BCUT2D eigenvalue weighted by molar-refractivity contribution is 0.623. The Morgan fingerprint density at radius 1 is 0.230 bits per heavy atom. The zero-order valence-electron chi connectivity index (χ0n) is 35.0. The highest BCUT2D eigenvalue weighted by molar-refractivity contribution is 7.77. The zero-order valence-corrected chi connectivity index (χ0v) is 38.6. The maximum absolute atomic E-state index is 2.43. The fourth-order valence-corrected chi connectivity index (χ4v) is 20.3. The van der Waals surface area contributed by atoms with E-state index in [0.717, 1.165) is 0 Å². The van der Waals surface area contributed by atoms with Gasteiger partial charge in [0, 0.05) is 0 Å². The summed E-state index contributed by atoms with van der Waals surface area (Å²) in [6.45, 7) is 0. The molecule has 2 atom stereocenters. The molecule has 0 saturated heterocycles. The molecule has 0 N–H and O–H groups in total. The monoisotopic (exact) mass is 864 g/mol. The van der Waals surface area contributed by atoms with Crippen LogP contribution in [0.15, 0.2) is 243 Å². The van der Waals surface area contributed by atoms with Gasteiger partial charge in [0.25, 0.3) is 0 Å². The minimum Gasteiger partial charge on any atom is -0.0622 e. The summed E-state index contributed by atoms with van der Waals surface area (Å²) in [4.78, 5) is 0. The molecule has 2 unspecified atom stereocenters. The highest BCUT2D eigenvalue weighted by atomic mass is 31.1. The van der Waals surface area contributed by atoms with Gasteiger partial charge >= 0.3 is 0 Å². The molecule has 0 heterocycles. The minimum atomic E-state index is -0.684. The van der Waals surface area contributed by atoms with Gasteiger partial charge in [-0.3, -0.25) is 0 Å². The molecule has 4 heteroatoms. The van der Waals surface area contributed by atoms with Crippen LogP contribution in [0.1, 0.15) is 32.1 Å². The van der Waals surface area contributed by atoms with Crippen LogP contribution in [0.4, 0.5) is 0 Å². The van der Waals surface area contributed by atoms with E-state index in [0.29, 0.717) is 11.3 Å². The molecule has 61 heavy (non-hydrogen) atoms. The molecule has 0 saturated carbocycles. The van der Waals surface area contributed by atoms with Crippen LogP contribution < -0.4 is 42.4 Å². The van der Waals surface area contributed by atoms with Crippen molar-refractivity contribution in [2.75, 3.05) is 12.3 Å². The van der Waals surface area contributed by atoms with Crippen molar-refractivity contribution in [3.63, 3.8) is 0 Å². The standard InChI is InChI=1S/C57H56P4/c1-9-28-48(29-10-1)58(49-30-11-2-12-31-49)46-26-25-44-56(60(52-36-17-5-18-37-52)53-38-19-6-20-39-53)57(61(54-40-21-7-22-41-54)55-42-23-8-24-43-55)45-27-47-59(50-32-13-3-14-33-50)51-34-15-4-16-35-51/h1-24,28-43,56-57H,25-27,44-47H2. The van der Waals surface area contributed by atoms with E-state index in [1.54, 1.807) is 0 Å². The molecule has 0 bridgehead atoms. The summed E-state index contributed by atoms with van der Waals surface area (Å²) in [6.07, 6.45) is 8.41. The van der Waals surface area contributed by atoms with Gasteiger partial charge in [-0.25, -0.2) is 0 Å². The van der Waals surface area contributed by atoms with Crippen LogP contribution in [-0.2, 0) is 0 Å². The molecule has 8 aromatic carbocycles. The summed E-state index contributed by atoms with van der Waals surface area (Å²) in [5.41, 5.74) is 0.977. The Bertz CT molecular complexity index is 2240. The zero-order chi connectivity index (χ0) is 41.3. The van der Waals surface area contributed by atoms with Crippen LogP contribution in [0.2, 0.25) is 0 Å². The number of unbranched alkanes of at least 4 members (excludes halogenated alkanes) is 1. The molecule has 0 nitrogen and oxygen atoms in total. The van der Waals surface area contributed by atoms with Crippen LogP contribution in [0, 0.1) is 0 Å². The van der Waals surface area contributed by atoms with Gasteiger partial charge in [-0.1, -0.05) is 249 Å². The van der Waals surface area contributed by atoms with Crippen LogP contribution in [0.25, 0.3) is 0 Å². The van der Waals surface area contributed by atoms with Gasteiger partial charge < -0.3 is 0 Å². The van der Waals surface area contributed by atoms with E-state index >= 15 is 0 Å². The van der Waals surface area contributed by atoms with Gasteiger partial charge in [-0.15, -0.1) is 0 Å². The van der Waals surface area contributed by atoms with Crippen molar-refractivity contribution in [1.82, 2.24) is 0 Å². The van der Waals surface area contributed by atoms with Crippen molar-refractivity contribution < 1.29 is 0 Å². The second kappa shape index (κ2) is 23.1. The number of hydrogen-bond donors (Lipinski definition) is 0. The first kappa shape index (κ1) is 43.1. The Hall–Kier alpha value is -4.52. The molecule has 8 aromatic rings. The quantitative estimate of drug-likeness (QED) is 0.0529. The summed E-state index contributed by atoms with van der Waals surface area (Å²) in [5.74, 6) is 0. The normalized spacial score (nSPS) is 12.5. The minimum absolute atomic E-state index is 0.434. The summed E-state index contributed by atoms with van der Waals surface area (Å²) >= 11 is 0. The molecule has 0 aliphatic carbocycles. The van der Waals surface area contributed by atoms with Crippen molar-refractivity contribution in [3.8, 4) is 0 Å². The Morgan fingerprint density at radius 2 is 0.443 bits per heavy atom. The van der Waals surface area contributed by atoms with Gasteiger partial charge in [0.15, 0.2) is 0 Å². The Balaban J connectivity index is 1.20. The largest absolute Gasteiger partial charge is 0.0622 e. The highest BCUT2D eigenvalue weighted by Gasteiger charge is 2.37. The second-order valence-corrected chi connectivity index (χ2v) is 25.0. The van der Waals surface area contributed by atoms with Crippen LogP contribution in [0.5, 0.6) is 0 Å². The average molecular weight is 865 g/mol. The second-order valence-electron chi connectivity index (χ2n) is 15.5. The fraction of sp³-hybridized carbons (Fsp3) is 0.158. The van der Waals surface area contributed by atoms with E-state index in [-0.39, 0.29) is 0 Å². The van der Waals surface area contributed by atoms with Gasteiger partial charge in [-0.05, 0) is 123 Å². The molecular weight excluding hydrogens is 809 g/mol. The molecule has 0 amide bonds. The van der Waals surface area contributed by atoms with E-state index < -0.39 is 31.7 Å². The first-order chi connectivity index (χ1) is 30.3. The van der Waals surface area contributed by atoms with Crippen molar-refractivity contribution in [2.45, 2.75) is 43.4 Å². The predicted octanol–water partition coefficient (Wildman–Crippen LogP) is 12.2. The third kappa shape index (κ3) is 11.7. The van der Waals surface area contributed by atoms with E-state index in [1.165, 1.54) is 86.9 Å². The van der Waals surface area contributed by atoms with E-state index in [2.05, 4.69) is 243 Å². The van der Waals surface area contributed by atoms with E-state index in [4.69, 9.17) is 0 Å². The summed E-state index contributed by atoms with van der Waals surface area (Å²) in [7, 11) is -2.28. The van der Waals surface area contributed by atoms with Crippen molar-refractivity contribution in [3.05, 3.63) is 243 Å². The number of benzene rings is 8. The number of rotatable bonds is 20. The molecular formula is C57H56P4. The lowest BCUT2D eigenvalue weighted by atomic mass is 10.1. The molecule has 8 rings (SSSR count). The van der Waals surface area contributed by atoms with Crippen LogP contribution >= 0.6 is 31.7 Å². The highest BCUT2D eigenvalue weighted by Crippen LogP contribution is 2.55. The van der Waals surface area contributed by atoms with Gasteiger partial charge in [0.2, 0.25) is 0 Å². The molecule has 0 fully saturated rings. The molecule has 0 spiro atoms. The van der Waals surface area contributed by atoms with E-state index in [9.17, 15) is 0 Å². The smallest absolute Gasteiger partial charge is 0.00550 e. The molecule has 0 aromatic heterocycles. The van der Waals surface area contributed by atoms with Gasteiger partial charge in [0.05, 0.1) is 0 Å². The van der Waals surface area contributed by atoms with Crippen LogP contribution in [0.3, 0.4) is 0 Å². The topological polar surface area (TPSA) is 0 Å². The fourth-order valence-electron chi connectivity index (χ4n) is 8.73. The van der Waals surface area contributed by atoms with Crippen molar-refractivity contribution in [2.24, 2.45) is 0 Å². The van der Waals surface area contributed by atoms with Gasteiger partial charge in [0.1, 0.15) is 0 Å². The lowest BCUT2D eigenvalue weighted by Gasteiger charge is -2.40.